The molecule has 0 unspecified atom stereocenters. The lowest BCUT2D eigenvalue weighted by Gasteiger charge is -2.00. The van der Waals surface area contributed by atoms with Gasteiger partial charge in [0.15, 0.2) is 5.78 Å². The van der Waals surface area contributed by atoms with Gasteiger partial charge >= 0.3 is 0 Å². The highest BCUT2D eigenvalue weighted by Gasteiger charge is 2.14. The molecule has 0 fully saturated rings. The van der Waals surface area contributed by atoms with Crippen LogP contribution >= 0.6 is 11.6 Å². The number of aryl methyl sites for hydroxylation is 1. The summed E-state index contributed by atoms with van der Waals surface area (Å²) >= 11 is 5.81. The predicted molar refractivity (Wildman–Crippen MR) is 52.1 cm³/mol. The van der Waals surface area contributed by atoms with Crippen molar-refractivity contribution in [3.63, 3.8) is 0 Å². The summed E-state index contributed by atoms with van der Waals surface area (Å²) in [5.74, 6) is 0.0758. The maximum atomic E-state index is 11.6. The summed E-state index contributed by atoms with van der Waals surface area (Å²) in [5, 5.41) is 4.36. The first-order valence-corrected chi connectivity index (χ1v) is 4.75. The zero-order valence-corrected chi connectivity index (χ0v) is 8.64. The van der Waals surface area contributed by atoms with Gasteiger partial charge in [-0.2, -0.15) is 5.10 Å². The summed E-state index contributed by atoms with van der Waals surface area (Å²) in [6.45, 7) is 2.05. The Balaban J connectivity index is 2.76. The van der Waals surface area contributed by atoms with E-state index in [1.165, 1.54) is 10.9 Å². The summed E-state index contributed by atoms with van der Waals surface area (Å²) in [6.07, 6.45) is 3.97. The molecule has 0 saturated heterocycles. The number of ketones is 1. The van der Waals surface area contributed by atoms with Gasteiger partial charge in [-0.1, -0.05) is 24.9 Å². The molecule has 0 aliphatic carbocycles. The number of rotatable bonds is 4. The molecule has 0 atom stereocenters. The highest BCUT2D eigenvalue weighted by molar-refractivity contribution is 6.33. The summed E-state index contributed by atoms with van der Waals surface area (Å²) in [4.78, 5) is 11.6. The van der Waals surface area contributed by atoms with Crippen molar-refractivity contribution in [2.75, 3.05) is 0 Å². The van der Waals surface area contributed by atoms with Crippen molar-refractivity contribution >= 4 is 17.4 Å². The van der Waals surface area contributed by atoms with E-state index in [-0.39, 0.29) is 5.78 Å². The molecule has 3 nitrogen and oxygen atoms in total. The minimum atomic E-state index is 0.0758. The van der Waals surface area contributed by atoms with Gasteiger partial charge in [-0.15, -0.1) is 0 Å². The van der Waals surface area contributed by atoms with Crippen LogP contribution in [0.1, 0.15) is 36.7 Å². The fraction of sp³-hybridized carbons (Fsp3) is 0.556. The number of hydrogen-bond acceptors (Lipinski definition) is 2. The number of carbonyl (C=O) groups is 1. The van der Waals surface area contributed by atoms with Gasteiger partial charge in [0.2, 0.25) is 0 Å². The molecule has 72 valence electrons. The van der Waals surface area contributed by atoms with Gasteiger partial charge in [0.05, 0.1) is 11.2 Å². The van der Waals surface area contributed by atoms with Crippen LogP contribution in [0, 0.1) is 0 Å². The van der Waals surface area contributed by atoms with Crippen molar-refractivity contribution in [2.24, 2.45) is 7.05 Å². The van der Waals surface area contributed by atoms with Crippen molar-refractivity contribution in [3.8, 4) is 0 Å². The number of carbonyl (C=O) groups excluding carboxylic acids is 1. The van der Waals surface area contributed by atoms with Crippen LogP contribution in [0.2, 0.25) is 5.02 Å². The first-order chi connectivity index (χ1) is 6.16. The lowest BCUT2D eigenvalue weighted by atomic mass is 10.1. The van der Waals surface area contributed by atoms with E-state index in [2.05, 4.69) is 12.0 Å². The van der Waals surface area contributed by atoms with Gasteiger partial charge in [-0.25, -0.2) is 0 Å². The Kier molecular flexibility index (Phi) is 3.48. The van der Waals surface area contributed by atoms with Crippen LogP contribution in [0.15, 0.2) is 6.20 Å². The Bertz CT molecular complexity index is 287. The van der Waals surface area contributed by atoms with Gasteiger partial charge in [-0.05, 0) is 6.42 Å². The van der Waals surface area contributed by atoms with E-state index < -0.39 is 0 Å². The van der Waals surface area contributed by atoms with Gasteiger partial charge in [0, 0.05) is 13.5 Å². The zero-order chi connectivity index (χ0) is 9.84. The molecule has 0 spiro atoms. The van der Waals surface area contributed by atoms with Gasteiger partial charge < -0.3 is 0 Å². The van der Waals surface area contributed by atoms with Gasteiger partial charge in [-0.3, -0.25) is 9.48 Å². The van der Waals surface area contributed by atoms with Crippen LogP contribution < -0.4 is 0 Å². The van der Waals surface area contributed by atoms with Crippen LogP contribution in [0.5, 0.6) is 0 Å². The molecule has 0 N–H and O–H groups in total. The smallest absolute Gasteiger partial charge is 0.182 e. The topological polar surface area (TPSA) is 34.9 Å². The van der Waals surface area contributed by atoms with Crippen molar-refractivity contribution < 1.29 is 4.79 Å². The molecule has 1 rings (SSSR count). The summed E-state index contributed by atoms with van der Waals surface area (Å²) in [5.41, 5.74) is 0.523. The molecule has 0 radical (unpaired) electrons. The Hall–Kier alpha value is -0.830. The Morgan fingerprint density at radius 2 is 2.38 bits per heavy atom. The number of nitrogens with zero attached hydrogens (tertiary/aromatic N) is 2. The Morgan fingerprint density at radius 3 is 2.85 bits per heavy atom. The summed E-state index contributed by atoms with van der Waals surface area (Å²) in [6, 6.07) is 0. The maximum absolute atomic E-state index is 11.6. The second-order valence-electron chi connectivity index (χ2n) is 2.99. The third-order valence-electron chi connectivity index (χ3n) is 1.92. The van der Waals surface area contributed by atoms with Crippen molar-refractivity contribution in [1.29, 1.82) is 0 Å². The first-order valence-electron chi connectivity index (χ1n) is 4.37. The molecular formula is C9H13ClN2O. The Labute approximate surface area is 82.7 Å². The van der Waals surface area contributed by atoms with Crippen molar-refractivity contribution in [1.82, 2.24) is 9.78 Å². The molecular weight excluding hydrogens is 188 g/mol. The molecule has 13 heavy (non-hydrogen) atoms. The minimum absolute atomic E-state index is 0.0758. The SMILES string of the molecule is CCCCC(=O)c1c(Cl)cnn1C. The molecule has 0 aliphatic heterocycles. The number of hydrogen-bond donors (Lipinski definition) is 0. The van der Waals surface area contributed by atoms with Crippen molar-refractivity contribution in [2.45, 2.75) is 26.2 Å². The first kappa shape index (κ1) is 10.3. The van der Waals surface area contributed by atoms with Crippen LogP contribution in [0.3, 0.4) is 0 Å². The lowest BCUT2D eigenvalue weighted by molar-refractivity contribution is 0.0971. The fourth-order valence-electron chi connectivity index (χ4n) is 1.18. The van der Waals surface area contributed by atoms with E-state index in [4.69, 9.17) is 11.6 Å². The lowest BCUT2D eigenvalue weighted by Crippen LogP contribution is -2.07. The highest BCUT2D eigenvalue weighted by atomic mass is 35.5. The van der Waals surface area contributed by atoms with E-state index in [0.29, 0.717) is 17.1 Å². The molecule has 0 amide bonds. The second kappa shape index (κ2) is 4.42. The van der Waals surface area contributed by atoms with Crippen LogP contribution in [0.4, 0.5) is 0 Å². The molecule has 1 aromatic heterocycles. The predicted octanol–water partition coefficient (Wildman–Crippen LogP) is 2.45. The number of aromatic nitrogens is 2. The number of Topliss-reactive ketones (excluding diaryl/α,β-unsaturated/α-hetero) is 1. The molecule has 4 heteroatoms. The largest absolute Gasteiger partial charge is 0.292 e. The van der Waals surface area contributed by atoms with Gasteiger partial charge in [0.25, 0.3) is 0 Å². The third-order valence-corrected chi connectivity index (χ3v) is 2.19. The quantitative estimate of drug-likeness (QED) is 0.700. The standard InChI is InChI=1S/C9H13ClN2O/c1-3-4-5-8(13)9-7(10)6-11-12(9)2/h6H,3-5H2,1-2H3. The third kappa shape index (κ3) is 2.31. The van der Waals surface area contributed by atoms with Crippen LogP contribution in [0.25, 0.3) is 0 Å². The molecule has 1 heterocycles. The van der Waals surface area contributed by atoms with Crippen LogP contribution in [-0.4, -0.2) is 15.6 Å². The van der Waals surface area contributed by atoms with E-state index in [9.17, 15) is 4.79 Å². The molecule has 1 aromatic rings. The maximum Gasteiger partial charge on any atom is 0.182 e. The number of halogens is 1. The minimum Gasteiger partial charge on any atom is -0.292 e. The average Bonchev–Trinajstić information content (AvgIpc) is 2.42. The summed E-state index contributed by atoms with van der Waals surface area (Å²) < 4.78 is 1.53. The van der Waals surface area contributed by atoms with Crippen molar-refractivity contribution in [3.05, 3.63) is 16.9 Å². The second-order valence-corrected chi connectivity index (χ2v) is 3.40. The van der Waals surface area contributed by atoms with Gasteiger partial charge in [0.1, 0.15) is 5.69 Å². The average molecular weight is 201 g/mol. The van der Waals surface area contributed by atoms with E-state index in [0.717, 1.165) is 12.8 Å². The van der Waals surface area contributed by atoms with Crippen LogP contribution in [-0.2, 0) is 7.05 Å². The zero-order valence-electron chi connectivity index (χ0n) is 7.88. The van der Waals surface area contributed by atoms with E-state index in [1.807, 2.05) is 0 Å². The highest BCUT2D eigenvalue weighted by Crippen LogP contribution is 2.16. The Morgan fingerprint density at radius 1 is 1.69 bits per heavy atom. The summed E-state index contributed by atoms with van der Waals surface area (Å²) in [7, 11) is 1.73. The van der Waals surface area contributed by atoms with E-state index >= 15 is 0 Å². The van der Waals surface area contributed by atoms with E-state index in [1.54, 1.807) is 7.05 Å². The fourth-order valence-corrected chi connectivity index (χ4v) is 1.45. The molecule has 0 aliphatic rings. The normalized spacial score (nSPS) is 10.4. The molecule has 0 saturated carbocycles. The molecule has 0 aromatic carbocycles. The monoisotopic (exact) mass is 200 g/mol. The number of unbranched alkanes of at least 4 members (excludes halogenated alkanes) is 1. The molecule has 0 bridgehead atoms.